The molecule has 0 radical (unpaired) electrons. The van der Waals surface area contributed by atoms with Crippen molar-refractivity contribution in [1.82, 2.24) is 0 Å². The van der Waals surface area contributed by atoms with Gasteiger partial charge in [-0.3, -0.25) is 0 Å². The van der Waals surface area contributed by atoms with Crippen molar-refractivity contribution in [3.63, 3.8) is 0 Å². The van der Waals surface area contributed by atoms with Crippen LogP contribution in [0.1, 0.15) is 5.56 Å². The zero-order valence-electron chi connectivity index (χ0n) is 10.5. The summed E-state index contributed by atoms with van der Waals surface area (Å²) in [4.78, 5) is 0. The summed E-state index contributed by atoms with van der Waals surface area (Å²) in [5.41, 5.74) is -0.0127. The van der Waals surface area contributed by atoms with Gasteiger partial charge >= 0.3 is 12.3 Å². The van der Waals surface area contributed by atoms with Crippen LogP contribution in [0.2, 0.25) is 0 Å². The van der Waals surface area contributed by atoms with Crippen LogP contribution in [0.15, 0.2) is 29.8 Å². The van der Waals surface area contributed by atoms with Gasteiger partial charge in [0.2, 0.25) is 0 Å². The van der Waals surface area contributed by atoms with E-state index < -0.39 is 24.2 Å². The summed E-state index contributed by atoms with van der Waals surface area (Å²) in [7, 11) is 0. The second-order valence-electron chi connectivity index (χ2n) is 3.92. The van der Waals surface area contributed by atoms with Gasteiger partial charge in [0, 0.05) is 0 Å². The zero-order valence-corrected chi connectivity index (χ0v) is 10.5. The Labute approximate surface area is 120 Å². The number of nitrogens with zero attached hydrogens (tertiary/aromatic N) is 2. The van der Waals surface area contributed by atoms with Crippen molar-refractivity contribution in [2.24, 2.45) is 0 Å². The molecule has 0 N–H and O–H groups in total. The first-order valence-corrected chi connectivity index (χ1v) is 5.49. The van der Waals surface area contributed by atoms with Crippen LogP contribution in [0.4, 0.5) is 26.3 Å². The fourth-order valence-electron chi connectivity index (χ4n) is 1.29. The molecule has 0 saturated heterocycles. The van der Waals surface area contributed by atoms with Crippen molar-refractivity contribution in [2.45, 2.75) is 18.5 Å². The Balaban J connectivity index is 2.92. The Morgan fingerprint density at radius 2 is 1.55 bits per heavy atom. The Kier molecular flexibility index (Phi) is 5.05. The van der Waals surface area contributed by atoms with Crippen LogP contribution in [0.25, 0.3) is 6.08 Å². The molecule has 0 aliphatic heterocycles. The van der Waals surface area contributed by atoms with E-state index in [1.807, 2.05) is 0 Å². The van der Waals surface area contributed by atoms with E-state index in [1.54, 1.807) is 12.1 Å². The number of allylic oxidation sites excluding steroid dienone is 1. The minimum Gasteiger partial charge on any atom is -0.430 e. The summed E-state index contributed by atoms with van der Waals surface area (Å²) in [5, 5.41) is 17.0. The van der Waals surface area contributed by atoms with E-state index in [1.165, 1.54) is 0 Å². The maximum Gasteiger partial charge on any atom is 0.439 e. The van der Waals surface area contributed by atoms with E-state index in [0.29, 0.717) is 0 Å². The first-order valence-electron chi connectivity index (χ1n) is 5.49. The molecular weight excluding hydrogens is 314 g/mol. The predicted molar refractivity (Wildman–Crippen MR) is 62.2 cm³/mol. The van der Waals surface area contributed by atoms with Crippen LogP contribution in [-0.2, 0) is 0 Å². The van der Waals surface area contributed by atoms with Crippen LogP contribution in [0.3, 0.4) is 0 Å². The average Bonchev–Trinajstić information content (AvgIpc) is 2.44. The van der Waals surface area contributed by atoms with E-state index in [9.17, 15) is 26.3 Å². The van der Waals surface area contributed by atoms with Gasteiger partial charge in [-0.05, 0) is 23.8 Å². The molecule has 0 aliphatic rings. The molecule has 1 rings (SSSR count). The maximum atomic E-state index is 13.0. The monoisotopic (exact) mass is 320 g/mol. The number of nitriles is 2. The molecule has 1 aromatic rings. The molecule has 0 heterocycles. The molecule has 3 nitrogen and oxygen atoms in total. The lowest BCUT2D eigenvalue weighted by molar-refractivity contribution is -0.304. The number of rotatable bonds is 4. The second kappa shape index (κ2) is 6.39. The highest BCUT2D eigenvalue weighted by molar-refractivity contribution is 5.62. The summed E-state index contributed by atoms with van der Waals surface area (Å²) in [6, 6.07) is 7.05. The SMILES string of the molecule is N#CC(C#N)=Cc1ccc(OC(F)(F)[C@@H](F)C(F)(F)F)cc1. The van der Waals surface area contributed by atoms with Crippen LogP contribution in [0, 0.1) is 22.7 Å². The maximum absolute atomic E-state index is 13.0. The molecule has 22 heavy (non-hydrogen) atoms. The van der Waals surface area contributed by atoms with E-state index >= 15 is 0 Å². The number of benzene rings is 1. The van der Waals surface area contributed by atoms with Gasteiger partial charge < -0.3 is 4.74 Å². The quantitative estimate of drug-likeness (QED) is 0.622. The Morgan fingerprint density at radius 1 is 1.05 bits per heavy atom. The summed E-state index contributed by atoms with van der Waals surface area (Å²) < 4.78 is 78.2. The smallest absolute Gasteiger partial charge is 0.430 e. The topological polar surface area (TPSA) is 56.8 Å². The van der Waals surface area contributed by atoms with Crippen LogP contribution in [0.5, 0.6) is 5.75 Å². The van der Waals surface area contributed by atoms with Crippen molar-refractivity contribution in [1.29, 1.82) is 10.5 Å². The molecular formula is C13H6F6N2O. The van der Waals surface area contributed by atoms with Gasteiger partial charge in [-0.25, -0.2) is 4.39 Å². The van der Waals surface area contributed by atoms with Gasteiger partial charge in [0.1, 0.15) is 23.5 Å². The minimum atomic E-state index is -5.76. The third-order valence-electron chi connectivity index (χ3n) is 2.27. The highest BCUT2D eigenvalue weighted by atomic mass is 19.4. The molecule has 0 amide bonds. The minimum absolute atomic E-state index is 0.251. The summed E-state index contributed by atoms with van der Waals surface area (Å²) in [6.07, 6.45) is -14.2. The molecule has 0 unspecified atom stereocenters. The van der Waals surface area contributed by atoms with Crippen LogP contribution >= 0.6 is 0 Å². The fourth-order valence-corrected chi connectivity index (χ4v) is 1.29. The predicted octanol–water partition coefficient (Wildman–Crippen LogP) is 3.99. The van der Waals surface area contributed by atoms with Crippen molar-refractivity contribution in [3.8, 4) is 17.9 Å². The van der Waals surface area contributed by atoms with Gasteiger partial charge in [-0.1, -0.05) is 12.1 Å². The second-order valence-corrected chi connectivity index (χ2v) is 3.92. The van der Waals surface area contributed by atoms with Gasteiger partial charge in [-0.15, -0.1) is 0 Å². The molecule has 0 spiro atoms. The number of hydrogen-bond acceptors (Lipinski definition) is 3. The third-order valence-corrected chi connectivity index (χ3v) is 2.27. The Bertz CT molecular complexity index is 620. The molecule has 116 valence electrons. The van der Waals surface area contributed by atoms with Crippen molar-refractivity contribution >= 4 is 6.08 Å². The first-order chi connectivity index (χ1) is 10.1. The molecule has 0 aromatic heterocycles. The molecule has 0 aliphatic carbocycles. The van der Waals surface area contributed by atoms with Gasteiger partial charge in [-0.2, -0.15) is 32.5 Å². The van der Waals surface area contributed by atoms with E-state index in [2.05, 4.69) is 4.74 Å². The standard InChI is InChI=1S/C13H6F6N2O/c14-11(12(15,16)17)13(18,19)22-10-3-1-8(2-4-10)5-9(6-20)7-21/h1-5,11H/t11-/m0/s1. The number of ether oxygens (including phenoxy) is 1. The van der Waals surface area contributed by atoms with E-state index in [-0.39, 0.29) is 11.1 Å². The summed E-state index contributed by atoms with van der Waals surface area (Å²) in [6.45, 7) is 0. The molecule has 0 saturated carbocycles. The Morgan fingerprint density at radius 3 is 1.95 bits per heavy atom. The molecule has 0 bridgehead atoms. The highest BCUT2D eigenvalue weighted by Gasteiger charge is 2.59. The van der Waals surface area contributed by atoms with Crippen molar-refractivity contribution in [2.75, 3.05) is 0 Å². The average molecular weight is 320 g/mol. The fraction of sp³-hybridized carbons (Fsp3) is 0.231. The lowest BCUT2D eigenvalue weighted by atomic mass is 10.1. The lowest BCUT2D eigenvalue weighted by Crippen LogP contribution is -2.45. The summed E-state index contributed by atoms with van der Waals surface area (Å²) in [5.74, 6) is -0.704. The van der Waals surface area contributed by atoms with Gasteiger partial charge in [0.05, 0.1) is 0 Å². The highest BCUT2D eigenvalue weighted by Crippen LogP contribution is 2.36. The number of hydrogen-bond donors (Lipinski definition) is 0. The normalized spacial score (nSPS) is 12.7. The largest absolute Gasteiger partial charge is 0.439 e. The van der Waals surface area contributed by atoms with Gasteiger partial charge in [0.15, 0.2) is 0 Å². The Hall–Kier alpha value is -2.68. The molecule has 9 heteroatoms. The lowest BCUT2D eigenvalue weighted by Gasteiger charge is -2.23. The molecule has 0 fully saturated rings. The molecule has 1 atom stereocenters. The van der Waals surface area contributed by atoms with Gasteiger partial charge in [0.25, 0.3) is 6.17 Å². The number of halogens is 6. The number of alkyl halides is 6. The van der Waals surface area contributed by atoms with Crippen molar-refractivity contribution < 1.29 is 31.1 Å². The van der Waals surface area contributed by atoms with E-state index in [4.69, 9.17) is 10.5 Å². The first kappa shape index (κ1) is 17.4. The molecule has 1 aromatic carbocycles. The third kappa shape index (κ3) is 4.42. The summed E-state index contributed by atoms with van der Waals surface area (Å²) >= 11 is 0. The zero-order chi connectivity index (χ0) is 17.0. The van der Waals surface area contributed by atoms with E-state index in [0.717, 1.165) is 30.3 Å². The van der Waals surface area contributed by atoms with Crippen molar-refractivity contribution in [3.05, 3.63) is 35.4 Å². The van der Waals surface area contributed by atoms with Crippen LogP contribution in [-0.4, -0.2) is 18.5 Å². The van der Waals surface area contributed by atoms with Crippen LogP contribution < -0.4 is 4.74 Å².